The van der Waals surface area contributed by atoms with Crippen molar-refractivity contribution in [3.05, 3.63) is 47.3 Å². The molecule has 0 fully saturated rings. The Morgan fingerprint density at radius 3 is 2.50 bits per heavy atom. The molecular weight excluding hydrogens is 250 g/mol. The van der Waals surface area contributed by atoms with Gasteiger partial charge >= 0.3 is 0 Å². The van der Waals surface area contributed by atoms with E-state index >= 15 is 0 Å². The molecule has 0 spiro atoms. The van der Waals surface area contributed by atoms with E-state index in [0.717, 1.165) is 11.3 Å². The summed E-state index contributed by atoms with van der Waals surface area (Å²) in [5, 5.41) is 0. The maximum absolute atomic E-state index is 5.59. The summed E-state index contributed by atoms with van der Waals surface area (Å²) in [6.07, 6.45) is 0.634. The van der Waals surface area contributed by atoms with Crippen molar-refractivity contribution in [1.82, 2.24) is 9.97 Å². The van der Waals surface area contributed by atoms with Crippen LogP contribution in [0.3, 0.4) is 0 Å². The van der Waals surface area contributed by atoms with E-state index in [2.05, 4.69) is 42.0 Å². The number of nitrogens with zero attached hydrogens (tertiary/aromatic N) is 2. The van der Waals surface area contributed by atoms with Crippen molar-refractivity contribution in [1.29, 1.82) is 0 Å². The molecule has 2 aromatic heterocycles. The lowest BCUT2D eigenvalue weighted by molar-refractivity contribution is 0.531. The van der Waals surface area contributed by atoms with Crippen LogP contribution in [0, 0.1) is 13.8 Å². The van der Waals surface area contributed by atoms with Gasteiger partial charge in [0.05, 0.1) is 5.69 Å². The zero-order valence-electron chi connectivity index (χ0n) is 11.7. The number of fused-ring (bicyclic) bond motifs is 1. The fourth-order valence-electron chi connectivity index (χ4n) is 2.38. The molecule has 0 aliphatic heterocycles. The van der Waals surface area contributed by atoms with Gasteiger partial charge < -0.3 is 10.2 Å². The Hall–Kier alpha value is -2.20. The topological polar surface area (TPSA) is 64.9 Å². The number of aryl methyl sites for hydroxylation is 2. The normalized spacial score (nSPS) is 11.2. The summed E-state index contributed by atoms with van der Waals surface area (Å²) in [7, 11) is 0. The predicted octanol–water partition coefficient (Wildman–Crippen LogP) is 3.01. The second kappa shape index (κ2) is 5.06. The molecule has 4 heteroatoms. The van der Waals surface area contributed by atoms with Gasteiger partial charge in [-0.05, 0) is 38.1 Å². The Labute approximate surface area is 117 Å². The number of oxazole rings is 1. The van der Waals surface area contributed by atoms with E-state index in [1.54, 1.807) is 0 Å². The van der Waals surface area contributed by atoms with Crippen LogP contribution in [0.2, 0.25) is 0 Å². The zero-order valence-corrected chi connectivity index (χ0v) is 11.7. The van der Waals surface area contributed by atoms with Crippen molar-refractivity contribution in [3.63, 3.8) is 0 Å². The van der Waals surface area contributed by atoms with Gasteiger partial charge in [-0.3, -0.25) is 0 Å². The first-order chi connectivity index (χ1) is 9.65. The molecule has 102 valence electrons. The second-order valence-corrected chi connectivity index (χ2v) is 5.04. The number of rotatable bonds is 3. The van der Waals surface area contributed by atoms with Crippen LogP contribution >= 0.6 is 0 Å². The third-order valence-electron chi connectivity index (χ3n) is 3.17. The smallest absolute Gasteiger partial charge is 0.199 e. The van der Waals surface area contributed by atoms with Crippen molar-refractivity contribution in [3.8, 4) is 11.3 Å². The van der Waals surface area contributed by atoms with Gasteiger partial charge in [0.1, 0.15) is 0 Å². The van der Waals surface area contributed by atoms with Gasteiger partial charge in [-0.15, -0.1) is 0 Å². The average Bonchev–Trinajstić information content (AvgIpc) is 2.79. The molecule has 0 aliphatic rings. The molecule has 20 heavy (non-hydrogen) atoms. The quantitative estimate of drug-likeness (QED) is 0.792. The van der Waals surface area contributed by atoms with Crippen molar-refractivity contribution in [2.45, 2.75) is 20.3 Å². The van der Waals surface area contributed by atoms with Crippen molar-refractivity contribution < 1.29 is 4.42 Å². The molecule has 0 atom stereocenters. The van der Waals surface area contributed by atoms with Crippen LogP contribution < -0.4 is 5.73 Å². The van der Waals surface area contributed by atoms with E-state index in [4.69, 9.17) is 10.2 Å². The highest BCUT2D eigenvalue weighted by atomic mass is 16.3. The van der Waals surface area contributed by atoms with Crippen LogP contribution in [0.1, 0.15) is 17.0 Å². The molecule has 0 aliphatic carbocycles. The van der Waals surface area contributed by atoms with Crippen molar-refractivity contribution in [2.24, 2.45) is 5.73 Å². The summed E-state index contributed by atoms with van der Waals surface area (Å²) < 4.78 is 5.59. The Bertz CT molecular complexity index is 741. The van der Waals surface area contributed by atoms with E-state index in [0.29, 0.717) is 30.1 Å². The minimum Gasteiger partial charge on any atom is -0.439 e. The molecular formula is C16H17N3O. The summed E-state index contributed by atoms with van der Waals surface area (Å²) in [6.45, 7) is 4.70. The first kappa shape index (κ1) is 12.8. The van der Waals surface area contributed by atoms with Gasteiger partial charge in [-0.2, -0.15) is 4.98 Å². The van der Waals surface area contributed by atoms with Gasteiger partial charge in [-0.1, -0.05) is 17.2 Å². The highest BCUT2D eigenvalue weighted by Gasteiger charge is 2.09. The Morgan fingerprint density at radius 1 is 1.05 bits per heavy atom. The van der Waals surface area contributed by atoms with Crippen LogP contribution in [-0.2, 0) is 6.42 Å². The number of hydrogen-bond donors (Lipinski definition) is 1. The summed E-state index contributed by atoms with van der Waals surface area (Å²) in [5.41, 5.74) is 11.3. The number of hydrogen-bond acceptors (Lipinski definition) is 4. The van der Waals surface area contributed by atoms with Crippen LogP contribution in [0.4, 0.5) is 0 Å². The fraction of sp³-hybridized carbons (Fsp3) is 0.250. The number of benzene rings is 1. The fourth-order valence-corrected chi connectivity index (χ4v) is 2.38. The highest BCUT2D eigenvalue weighted by molar-refractivity contribution is 5.73. The SMILES string of the molecule is Cc1cc(C)cc(-c2ccc3oc(CCN)nc3n2)c1. The monoisotopic (exact) mass is 267 g/mol. The standard InChI is InChI=1S/C16H17N3O/c1-10-7-11(2)9-12(8-10)13-3-4-14-16(18-13)19-15(20-14)5-6-17/h3-4,7-9H,5-6,17H2,1-2H3. The predicted molar refractivity (Wildman–Crippen MR) is 79.5 cm³/mol. The molecule has 1 aromatic carbocycles. The first-order valence-electron chi connectivity index (χ1n) is 6.71. The van der Waals surface area contributed by atoms with E-state index in [1.165, 1.54) is 11.1 Å². The van der Waals surface area contributed by atoms with Crippen LogP contribution in [0.5, 0.6) is 0 Å². The van der Waals surface area contributed by atoms with E-state index in [1.807, 2.05) is 12.1 Å². The number of aromatic nitrogens is 2. The lowest BCUT2D eigenvalue weighted by atomic mass is 10.0. The molecule has 0 radical (unpaired) electrons. The van der Waals surface area contributed by atoms with Crippen molar-refractivity contribution >= 4 is 11.2 Å². The molecule has 4 nitrogen and oxygen atoms in total. The van der Waals surface area contributed by atoms with Gasteiger partial charge in [0.2, 0.25) is 0 Å². The minimum atomic E-state index is 0.525. The summed E-state index contributed by atoms with van der Waals surface area (Å²) in [6, 6.07) is 10.3. The zero-order chi connectivity index (χ0) is 14.1. The third-order valence-corrected chi connectivity index (χ3v) is 3.17. The number of nitrogens with two attached hydrogens (primary N) is 1. The maximum Gasteiger partial charge on any atom is 0.199 e. The summed E-state index contributed by atoms with van der Waals surface area (Å²) >= 11 is 0. The summed E-state index contributed by atoms with van der Waals surface area (Å²) in [5.74, 6) is 0.646. The lowest BCUT2D eigenvalue weighted by Crippen LogP contribution is -2.02. The van der Waals surface area contributed by atoms with Crippen molar-refractivity contribution in [2.75, 3.05) is 6.54 Å². The molecule has 3 aromatic rings. The molecule has 0 saturated heterocycles. The molecule has 2 N–H and O–H groups in total. The van der Waals surface area contributed by atoms with E-state index in [-0.39, 0.29) is 0 Å². The van der Waals surface area contributed by atoms with Gasteiger partial charge in [-0.25, -0.2) is 4.98 Å². The molecule has 2 heterocycles. The molecule has 0 unspecified atom stereocenters. The Morgan fingerprint density at radius 2 is 1.80 bits per heavy atom. The molecule has 0 bridgehead atoms. The van der Waals surface area contributed by atoms with Gasteiger partial charge in [0.25, 0.3) is 0 Å². The van der Waals surface area contributed by atoms with Crippen LogP contribution in [0.15, 0.2) is 34.7 Å². The second-order valence-electron chi connectivity index (χ2n) is 5.04. The first-order valence-corrected chi connectivity index (χ1v) is 6.71. The molecule has 0 amide bonds. The van der Waals surface area contributed by atoms with Crippen LogP contribution in [0.25, 0.3) is 22.5 Å². The Kier molecular flexibility index (Phi) is 3.24. The van der Waals surface area contributed by atoms with Gasteiger partial charge in [0.15, 0.2) is 17.1 Å². The Balaban J connectivity index is 2.07. The highest BCUT2D eigenvalue weighted by Crippen LogP contribution is 2.23. The molecule has 3 rings (SSSR count). The maximum atomic E-state index is 5.59. The largest absolute Gasteiger partial charge is 0.439 e. The van der Waals surface area contributed by atoms with E-state index in [9.17, 15) is 0 Å². The molecule has 0 saturated carbocycles. The van der Waals surface area contributed by atoms with Gasteiger partial charge in [0, 0.05) is 18.5 Å². The number of pyridine rings is 1. The minimum absolute atomic E-state index is 0.525. The third kappa shape index (κ3) is 2.42. The van der Waals surface area contributed by atoms with E-state index < -0.39 is 0 Å². The lowest BCUT2D eigenvalue weighted by Gasteiger charge is -2.04. The summed E-state index contributed by atoms with van der Waals surface area (Å²) in [4.78, 5) is 8.96. The van der Waals surface area contributed by atoms with Crippen LogP contribution in [-0.4, -0.2) is 16.5 Å². The average molecular weight is 267 g/mol.